The van der Waals surface area contributed by atoms with Crippen molar-refractivity contribution in [3.8, 4) is 0 Å². The number of carbonyl (C=O) groups excluding carboxylic acids is 1. The molecule has 6 nitrogen and oxygen atoms in total. The van der Waals surface area contributed by atoms with E-state index in [1.807, 2.05) is 55.3 Å². The molecule has 0 unspecified atom stereocenters. The standard InChI is InChI=1S/C19H23N5O/c1-12-18(13-6-4-5-7-15(13)21-12)19(25)22-16-10-23(2)9-14(16)17-8-20-11-24(17)3/h4-8,11,14,16,21H,9-10H2,1-3H3,(H,22,25)/t14-,16-/m1/s1. The SMILES string of the molecule is Cc1[nH]c2ccccc2c1C(=O)N[C@@H]1CN(C)C[C@H]1c1cncn1C. The number of carbonyl (C=O) groups is 1. The van der Waals surface area contributed by atoms with Gasteiger partial charge in [-0.3, -0.25) is 4.79 Å². The van der Waals surface area contributed by atoms with Crippen molar-refractivity contribution in [3.05, 3.63) is 53.7 Å². The topological polar surface area (TPSA) is 66.0 Å². The van der Waals surface area contributed by atoms with Gasteiger partial charge in [-0.25, -0.2) is 4.98 Å². The summed E-state index contributed by atoms with van der Waals surface area (Å²) in [6, 6.07) is 8.01. The van der Waals surface area contributed by atoms with Crippen LogP contribution in [0.4, 0.5) is 0 Å². The van der Waals surface area contributed by atoms with Crippen LogP contribution in [0.25, 0.3) is 10.9 Å². The molecule has 0 radical (unpaired) electrons. The second-order valence-electron chi connectivity index (χ2n) is 7.01. The molecule has 2 N–H and O–H groups in total. The number of aryl methyl sites for hydroxylation is 2. The number of aromatic nitrogens is 3. The van der Waals surface area contributed by atoms with E-state index in [0.717, 1.165) is 40.9 Å². The van der Waals surface area contributed by atoms with Gasteiger partial charge in [0, 0.05) is 54.5 Å². The zero-order valence-electron chi connectivity index (χ0n) is 14.8. The summed E-state index contributed by atoms with van der Waals surface area (Å²) in [4.78, 5) is 22.8. The van der Waals surface area contributed by atoms with Gasteiger partial charge in [-0.05, 0) is 20.0 Å². The van der Waals surface area contributed by atoms with Crippen LogP contribution in [-0.4, -0.2) is 51.5 Å². The number of para-hydroxylation sites is 1. The summed E-state index contributed by atoms with van der Waals surface area (Å²) in [5.74, 6) is 0.231. The Morgan fingerprint density at radius 2 is 2.08 bits per heavy atom. The number of nitrogens with zero attached hydrogens (tertiary/aromatic N) is 3. The molecular formula is C19H23N5O. The predicted molar refractivity (Wildman–Crippen MR) is 97.7 cm³/mol. The zero-order chi connectivity index (χ0) is 17.6. The van der Waals surface area contributed by atoms with E-state index in [1.54, 1.807) is 0 Å². The Hall–Kier alpha value is -2.60. The van der Waals surface area contributed by atoms with E-state index in [4.69, 9.17) is 0 Å². The normalized spacial score (nSPS) is 21.1. The molecule has 130 valence electrons. The molecule has 1 fully saturated rings. The van der Waals surface area contributed by atoms with Crippen molar-refractivity contribution in [3.63, 3.8) is 0 Å². The number of amides is 1. The van der Waals surface area contributed by atoms with Crippen LogP contribution in [0, 0.1) is 6.92 Å². The summed E-state index contributed by atoms with van der Waals surface area (Å²) in [5.41, 5.74) is 3.80. The number of hydrogen-bond acceptors (Lipinski definition) is 3. The molecule has 1 aliphatic rings. The first-order valence-corrected chi connectivity index (χ1v) is 8.57. The van der Waals surface area contributed by atoms with Crippen LogP contribution in [0.5, 0.6) is 0 Å². The highest BCUT2D eigenvalue weighted by Crippen LogP contribution is 2.28. The summed E-state index contributed by atoms with van der Waals surface area (Å²) in [5, 5.41) is 4.24. The number of benzene rings is 1. The number of aromatic amines is 1. The molecule has 2 aromatic heterocycles. The molecule has 1 amide bonds. The molecule has 4 rings (SSSR count). The van der Waals surface area contributed by atoms with Crippen molar-refractivity contribution >= 4 is 16.8 Å². The van der Waals surface area contributed by atoms with Crippen molar-refractivity contribution in [2.75, 3.05) is 20.1 Å². The molecule has 0 saturated carbocycles. The molecule has 3 aromatic rings. The van der Waals surface area contributed by atoms with Gasteiger partial charge in [0.2, 0.25) is 0 Å². The number of H-pyrrole nitrogens is 1. The Morgan fingerprint density at radius 3 is 2.84 bits per heavy atom. The molecule has 0 bridgehead atoms. The van der Waals surface area contributed by atoms with Crippen LogP contribution in [0.2, 0.25) is 0 Å². The zero-order valence-corrected chi connectivity index (χ0v) is 14.8. The minimum atomic E-state index is -0.0116. The average Bonchev–Trinajstić information content (AvgIpc) is 3.23. The van der Waals surface area contributed by atoms with Gasteiger partial charge >= 0.3 is 0 Å². The van der Waals surface area contributed by atoms with Crippen LogP contribution in [0.3, 0.4) is 0 Å². The van der Waals surface area contributed by atoms with Crippen LogP contribution < -0.4 is 5.32 Å². The molecule has 0 aliphatic carbocycles. The Morgan fingerprint density at radius 1 is 1.28 bits per heavy atom. The summed E-state index contributed by atoms with van der Waals surface area (Å²) < 4.78 is 2.04. The fourth-order valence-corrected chi connectivity index (χ4v) is 3.98. The number of likely N-dealkylation sites (N-methyl/N-ethyl adjacent to an activating group) is 1. The van der Waals surface area contributed by atoms with Crippen molar-refractivity contribution in [1.82, 2.24) is 24.8 Å². The highest BCUT2D eigenvalue weighted by molar-refractivity contribution is 6.08. The maximum Gasteiger partial charge on any atom is 0.254 e. The maximum atomic E-state index is 13.0. The number of fused-ring (bicyclic) bond motifs is 1. The van der Waals surface area contributed by atoms with Crippen LogP contribution in [0.15, 0.2) is 36.8 Å². The quantitative estimate of drug-likeness (QED) is 0.769. The molecular weight excluding hydrogens is 314 g/mol. The van der Waals surface area contributed by atoms with Gasteiger partial charge < -0.3 is 19.8 Å². The van der Waals surface area contributed by atoms with Gasteiger partial charge in [0.05, 0.1) is 17.9 Å². The highest BCUT2D eigenvalue weighted by atomic mass is 16.1. The number of rotatable bonds is 3. The molecule has 0 spiro atoms. The third-order valence-electron chi connectivity index (χ3n) is 5.17. The lowest BCUT2D eigenvalue weighted by Crippen LogP contribution is -2.40. The molecule has 3 heterocycles. The fraction of sp³-hybridized carbons (Fsp3) is 0.368. The van der Waals surface area contributed by atoms with Crippen LogP contribution >= 0.6 is 0 Å². The van der Waals surface area contributed by atoms with Gasteiger partial charge in [-0.15, -0.1) is 0 Å². The summed E-state index contributed by atoms with van der Waals surface area (Å²) >= 11 is 0. The first-order valence-electron chi connectivity index (χ1n) is 8.57. The summed E-state index contributed by atoms with van der Waals surface area (Å²) in [6.45, 7) is 3.70. The number of likely N-dealkylation sites (tertiary alicyclic amines) is 1. The summed E-state index contributed by atoms with van der Waals surface area (Å²) in [6.07, 6.45) is 3.72. The molecule has 1 saturated heterocycles. The molecule has 25 heavy (non-hydrogen) atoms. The lowest BCUT2D eigenvalue weighted by Gasteiger charge is -2.20. The van der Waals surface area contributed by atoms with Crippen LogP contribution in [-0.2, 0) is 7.05 Å². The van der Waals surface area contributed by atoms with Gasteiger partial charge in [0.15, 0.2) is 0 Å². The van der Waals surface area contributed by atoms with Gasteiger partial charge in [-0.2, -0.15) is 0 Å². The number of imidazole rings is 1. The smallest absolute Gasteiger partial charge is 0.254 e. The average molecular weight is 337 g/mol. The van der Waals surface area contributed by atoms with E-state index in [9.17, 15) is 4.79 Å². The van der Waals surface area contributed by atoms with E-state index in [2.05, 4.69) is 27.2 Å². The second-order valence-corrected chi connectivity index (χ2v) is 7.01. The first-order chi connectivity index (χ1) is 12.0. The summed E-state index contributed by atoms with van der Waals surface area (Å²) in [7, 11) is 4.09. The Bertz CT molecular complexity index is 925. The van der Waals surface area contributed by atoms with Crippen molar-refractivity contribution < 1.29 is 4.79 Å². The van der Waals surface area contributed by atoms with Crippen LogP contribution in [0.1, 0.15) is 27.7 Å². The van der Waals surface area contributed by atoms with E-state index in [-0.39, 0.29) is 17.9 Å². The lowest BCUT2D eigenvalue weighted by atomic mass is 9.99. The minimum Gasteiger partial charge on any atom is -0.358 e. The Balaban J connectivity index is 1.63. The van der Waals surface area contributed by atoms with E-state index >= 15 is 0 Å². The van der Waals surface area contributed by atoms with E-state index < -0.39 is 0 Å². The van der Waals surface area contributed by atoms with Crippen molar-refractivity contribution in [2.45, 2.75) is 18.9 Å². The monoisotopic (exact) mass is 337 g/mol. The first kappa shape index (κ1) is 15.9. The van der Waals surface area contributed by atoms with Crippen molar-refractivity contribution in [2.24, 2.45) is 7.05 Å². The Labute approximate surface area is 146 Å². The minimum absolute atomic E-state index is 0.0116. The predicted octanol–water partition coefficient (Wildman–Crippen LogP) is 2.04. The van der Waals surface area contributed by atoms with Gasteiger partial charge in [0.1, 0.15) is 0 Å². The largest absolute Gasteiger partial charge is 0.358 e. The number of nitrogens with one attached hydrogen (secondary N) is 2. The maximum absolute atomic E-state index is 13.0. The van der Waals surface area contributed by atoms with Gasteiger partial charge in [-0.1, -0.05) is 18.2 Å². The second kappa shape index (κ2) is 6.04. The third kappa shape index (κ3) is 2.72. The molecule has 2 atom stereocenters. The van der Waals surface area contributed by atoms with Gasteiger partial charge in [0.25, 0.3) is 5.91 Å². The molecule has 6 heteroatoms. The third-order valence-corrected chi connectivity index (χ3v) is 5.17. The Kier molecular flexibility index (Phi) is 3.84. The molecule has 1 aliphatic heterocycles. The number of hydrogen-bond donors (Lipinski definition) is 2. The van der Waals surface area contributed by atoms with E-state index in [0.29, 0.717) is 0 Å². The molecule has 1 aromatic carbocycles. The lowest BCUT2D eigenvalue weighted by molar-refractivity contribution is 0.0936. The van der Waals surface area contributed by atoms with Crippen molar-refractivity contribution in [1.29, 1.82) is 0 Å². The fourth-order valence-electron chi connectivity index (χ4n) is 3.98. The van der Waals surface area contributed by atoms with E-state index in [1.165, 1.54) is 0 Å². The highest BCUT2D eigenvalue weighted by Gasteiger charge is 2.35.